The topological polar surface area (TPSA) is 49.9 Å². The lowest BCUT2D eigenvalue weighted by Gasteiger charge is -2.30. The summed E-state index contributed by atoms with van der Waals surface area (Å²) in [4.78, 5) is 2.20. The van der Waals surface area contributed by atoms with Gasteiger partial charge in [-0.15, -0.1) is 0 Å². The molecule has 1 heterocycles. The molecule has 8 heteroatoms. The van der Waals surface area contributed by atoms with Crippen LogP contribution < -0.4 is 9.64 Å². The third-order valence-electron chi connectivity index (χ3n) is 7.19. The Balaban J connectivity index is 1.79. The molecule has 0 radical (unpaired) electrons. The molecule has 1 aliphatic heterocycles. The molecule has 0 spiro atoms. The van der Waals surface area contributed by atoms with Crippen LogP contribution in [0.15, 0.2) is 89.8 Å². The molecule has 0 bridgehead atoms. The van der Waals surface area contributed by atoms with Crippen LogP contribution in [0.4, 0.5) is 15.8 Å². The van der Waals surface area contributed by atoms with Crippen molar-refractivity contribution in [1.82, 2.24) is 4.31 Å². The number of ether oxygens (including phenoxy) is 1. The Morgan fingerprint density at radius 3 is 2.35 bits per heavy atom. The van der Waals surface area contributed by atoms with Gasteiger partial charge in [0, 0.05) is 37.0 Å². The standard InChI is InChI=1S/C32H32ClFN2O3S/c1-21(2)16-26-20-36(25-8-6-5-7-9-25)29-19-30(39-31-17-22(3)10-15-28(31)33)27(23-11-13-24(34)14-12-23)18-32(29)40(37,38)35(26)4/h5-15,17-19,21,26H,16,20H2,1-4H3/t26-/m1/s1. The molecular weight excluding hydrogens is 547 g/mol. The van der Waals surface area contributed by atoms with E-state index >= 15 is 0 Å². The fourth-order valence-corrected chi connectivity index (χ4v) is 6.82. The first-order chi connectivity index (χ1) is 19.0. The summed E-state index contributed by atoms with van der Waals surface area (Å²) < 4.78 is 50.1. The Morgan fingerprint density at radius 1 is 0.975 bits per heavy atom. The van der Waals surface area contributed by atoms with Crippen LogP contribution >= 0.6 is 11.6 Å². The fraction of sp³-hybridized carbons (Fsp3) is 0.250. The van der Waals surface area contributed by atoms with E-state index in [0.717, 1.165) is 11.3 Å². The number of para-hydroxylation sites is 1. The molecule has 4 aromatic rings. The lowest BCUT2D eigenvalue weighted by molar-refractivity contribution is 0.326. The third kappa shape index (κ3) is 5.59. The van der Waals surface area contributed by atoms with Crippen LogP contribution in [0.5, 0.6) is 11.5 Å². The van der Waals surface area contributed by atoms with E-state index in [-0.39, 0.29) is 16.8 Å². The molecule has 0 amide bonds. The van der Waals surface area contributed by atoms with Crippen LogP contribution in [0.1, 0.15) is 25.8 Å². The summed E-state index contributed by atoms with van der Waals surface area (Å²) in [6, 6.07) is 24.3. The maximum atomic E-state index is 14.2. The average Bonchev–Trinajstić information content (AvgIpc) is 3.00. The van der Waals surface area contributed by atoms with Gasteiger partial charge in [0.05, 0.1) is 10.7 Å². The third-order valence-corrected chi connectivity index (χ3v) is 9.44. The van der Waals surface area contributed by atoms with Crippen LogP contribution in [-0.4, -0.2) is 32.4 Å². The summed E-state index contributed by atoms with van der Waals surface area (Å²) in [6.07, 6.45) is 0.695. The summed E-state index contributed by atoms with van der Waals surface area (Å²) in [5.41, 5.74) is 3.48. The highest BCUT2D eigenvalue weighted by Gasteiger charge is 2.38. The molecular formula is C32H32ClFN2O3S. The van der Waals surface area contributed by atoms with Gasteiger partial charge in [-0.1, -0.05) is 61.8 Å². The van der Waals surface area contributed by atoms with E-state index in [4.69, 9.17) is 16.3 Å². The largest absolute Gasteiger partial charge is 0.455 e. The van der Waals surface area contributed by atoms with E-state index < -0.39 is 10.0 Å². The van der Waals surface area contributed by atoms with Crippen LogP contribution in [0.2, 0.25) is 5.02 Å². The predicted molar refractivity (Wildman–Crippen MR) is 160 cm³/mol. The number of halogens is 2. The van der Waals surface area contributed by atoms with E-state index in [1.807, 2.05) is 54.3 Å². The van der Waals surface area contributed by atoms with Crippen LogP contribution in [0, 0.1) is 18.7 Å². The first kappa shape index (κ1) is 28.1. The van der Waals surface area contributed by atoms with Gasteiger partial charge in [-0.3, -0.25) is 0 Å². The quantitative estimate of drug-likeness (QED) is 0.230. The number of fused-ring (bicyclic) bond motifs is 1. The Hall–Kier alpha value is -3.39. The van der Waals surface area contributed by atoms with Gasteiger partial charge in [-0.2, -0.15) is 4.31 Å². The molecule has 5 nitrogen and oxygen atoms in total. The molecule has 5 rings (SSSR count). The number of anilines is 2. The van der Waals surface area contributed by atoms with Gasteiger partial charge in [0.15, 0.2) is 0 Å². The van der Waals surface area contributed by atoms with Crippen molar-refractivity contribution < 1.29 is 17.5 Å². The minimum absolute atomic E-state index is 0.159. The second kappa shape index (κ2) is 11.2. The molecule has 1 aliphatic rings. The summed E-state index contributed by atoms with van der Waals surface area (Å²) >= 11 is 6.50. The van der Waals surface area contributed by atoms with Crippen molar-refractivity contribution in [3.05, 3.63) is 101 Å². The van der Waals surface area contributed by atoms with E-state index in [9.17, 15) is 12.8 Å². The van der Waals surface area contributed by atoms with Gasteiger partial charge in [0.25, 0.3) is 0 Å². The molecule has 0 saturated carbocycles. The van der Waals surface area contributed by atoms with Crippen molar-refractivity contribution >= 4 is 33.0 Å². The van der Waals surface area contributed by atoms with Gasteiger partial charge >= 0.3 is 0 Å². The van der Waals surface area contributed by atoms with Crippen molar-refractivity contribution in [1.29, 1.82) is 0 Å². The molecule has 1 atom stereocenters. The van der Waals surface area contributed by atoms with Gasteiger partial charge in [0.1, 0.15) is 22.2 Å². The van der Waals surface area contributed by atoms with E-state index in [1.54, 1.807) is 37.4 Å². The number of hydrogen-bond donors (Lipinski definition) is 0. The minimum Gasteiger partial charge on any atom is -0.455 e. The molecule has 0 aromatic heterocycles. The summed E-state index contributed by atoms with van der Waals surface area (Å²) in [7, 11) is -2.25. The maximum absolute atomic E-state index is 14.2. The first-order valence-corrected chi connectivity index (χ1v) is 15.0. The number of aryl methyl sites for hydroxylation is 1. The molecule has 4 aromatic carbocycles. The van der Waals surface area contributed by atoms with E-state index in [2.05, 4.69) is 13.8 Å². The monoisotopic (exact) mass is 578 g/mol. The van der Waals surface area contributed by atoms with Crippen LogP contribution in [0.25, 0.3) is 11.1 Å². The smallest absolute Gasteiger partial charge is 0.245 e. The minimum atomic E-state index is -3.90. The van der Waals surface area contributed by atoms with Crippen molar-refractivity contribution in [3.8, 4) is 22.6 Å². The van der Waals surface area contributed by atoms with E-state index in [1.165, 1.54) is 16.4 Å². The Kier molecular flexibility index (Phi) is 7.91. The Bertz CT molecular complexity index is 1630. The number of rotatable bonds is 6. The van der Waals surface area contributed by atoms with Crippen molar-refractivity contribution in [2.75, 3.05) is 18.5 Å². The lowest BCUT2D eigenvalue weighted by atomic mass is 10.0. The summed E-state index contributed by atoms with van der Waals surface area (Å²) in [5, 5.41) is 0.426. The molecule has 0 fully saturated rings. The second-order valence-electron chi connectivity index (χ2n) is 10.6. The number of benzene rings is 4. The zero-order valence-electron chi connectivity index (χ0n) is 22.9. The van der Waals surface area contributed by atoms with Crippen LogP contribution in [0.3, 0.4) is 0 Å². The highest BCUT2D eigenvalue weighted by atomic mass is 35.5. The number of sulfonamides is 1. The van der Waals surface area contributed by atoms with E-state index in [0.29, 0.717) is 52.2 Å². The van der Waals surface area contributed by atoms with Gasteiger partial charge in [0.2, 0.25) is 10.0 Å². The molecule has 208 valence electrons. The molecule has 0 aliphatic carbocycles. The maximum Gasteiger partial charge on any atom is 0.245 e. The Labute approximate surface area is 240 Å². The Morgan fingerprint density at radius 2 is 1.68 bits per heavy atom. The van der Waals surface area contributed by atoms with Crippen molar-refractivity contribution in [2.45, 2.75) is 38.1 Å². The zero-order chi connectivity index (χ0) is 28.6. The fourth-order valence-electron chi connectivity index (χ4n) is 5.11. The molecule has 0 saturated heterocycles. The van der Waals surface area contributed by atoms with Crippen LogP contribution in [-0.2, 0) is 10.0 Å². The molecule has 0 unspecified atom stereocenters. The average molecular weight is 579 g/mol. The summed E-state index contributed by atoms with van der Waals surface area (Å²) in [5.74, 6) is 0.766. The number of nitrogens with zero attached hydrogens (tertiary/aromatic N) is 2. The van der Waals surface area contributed by atoms with Gasteiger partial charge in [-0.05, 0) is 72.9 Å². The molecule has 0 N–H and O–H groups in total. The molecule has 40 heavy (non-hydrogen) atoms. The highest BCUT2D eigenvalue weighted by molar-refractivity contribution is 7.89. The highest BCUT2D eigenvalue weighted by Crippen LogP contribution is 2.46. The number of hydrogen-bond acceptors (Lipinski definition) is 4. The SMILES string of the molecule is Cc1ccc(Cl)c(Oc2cc3c(cc2-c2ccc(F)cc2)S(=O)(=O)N(C)[C@H](CC(C)C)CN3c2ccccc2)c1. The van der Waals surface area contributed by atoms with Crippen molar-refractivity contribution in [3.63, 3.8) is 0 Å². The first-order valence-electron chi connectivity index (χ1n) is 13.2. The lowest BCUT2D eigenvalue weighted by Crippen LogP contribution is -2.41. The normalized spacial score (nSPS) is 17.0. The predicted octanol–water partition coefficient (Wildman–Crippen LogP) is 8.43. The number of likely N-dealkylation sites (N-methyl/N-ethyl adjacent to an activating group) is 1. The van der Waals surface area contributed by atoms with Crippen molar-refractivity contribution in [2.24, 2.45) is 5.92 Å². The van der Waals surface area contributed by atoms with Gasteiger partial charge < -0.3 is 9.64 Å². The zero-order valence-corrected chi connectivity index (χ0v) is 24.5. The summed E-state index contributed by atoms with van der Waals surface area (Å²) in [6.45, 7) is 6.59. The van der Waals surface area contributed by atoms with Gasteiger partial charge in [-0.25, -0.2) is 12.8 Å². The second-order valence-corrected chi connectivity index (χ2v) is 13.0.